The van der Waals surface area contributed by atoms with Gasteiger partial charge in [-0.15, -0.1) is 0 Å². The largest absolute Gasteiger partial charge is 0.491 e. The number of hydrogen-bond donors (Lipinski definition) is 1. The normalized spacial score (nSPS) is 17.4. The van der Waals surface area contributed by atoms with E-state index in [0.717, 1.165) is 43.7 Å². The van der Waals surface area contributed by atoms with Crippen LogP contribution in [0.4, 0.5) is 4.79 Å². The fourth-order valence-electron chi connectivity index (χ4n) is 3.03. The Labute approximate surface area is 151 Å². The summed E-state index contributed by atoms with van der Waals surface area (Å²) in [6, 6.07) is 7.86. The van der Waals surface area contributed by atoms with Gasteiger partial charge in [-0.2, -0.15) is 0 Å². The first-order valence-corrected chi connectivity index (χ1v) is 9.48. The zero-order chi connectivity index (χ0) is 18.1. The highest BCUT2D eigenvalue weighted by Gasteiger charge is 2.20. The summed E-state index contributed by atoms with van der Waals surface area (Å²) in [7, 11) is 0. The summed E-state index contributed by atoms with van der Waals surface area (Å²) in [4.78, 5) is 14.5. The molecule has 0 saturated carbocycles. The number of rotatable bonds is 8. The Morgan fingerprint density at radius 2 is 2.24 bits per heavy atom. The molecule has 2 rings (SSSR count). The van der Waals surface area contributed by atoms with Crippen molar-refractivity contribution in [2.24, 2.45) is 0 Å². The van der Waals surface area contributed by atoms with E-state index in [9.17, 15) is 4.79 Å². The summed E-state index contributed by atoms with van der Waals surface area (Å²) in [6.07, 6.45) is 4.62. The van der Waals surface area contributed by atoms with Crippen LogP contribution in [0, 0.1) is 0 Å². The van der Waals surface area contributed by atoms with Gasteiger partial charge in [0.05, 0.1) is 12.2 Å². The molecule has 1 atom stereocenters. The SMILES string of the molecule is CCCN(CC1CCCCO1)C(=O)NCc1cccc(OC(C)C)c1. The molecule has 0 aliphatic carbocycles. The highest BCUT2D eigenvalue weighted by atomic mass is 16.5. The Hall–Kier alpha value is -1.75. The summed E-state index contributed by atoms with van der Waals surface area (Å²) in [6.45, 7) is 8.84. The van der Waals surface area contributed by atoms with Crippen molar-refractivity contribution in [3.8, 4) is 5.75 Å². The lowest BCUT2D eigenvalue weighted by molar-refractivity contribution is 0.000696. The molecule has 1 unspecified atom stereocenters. The molecule has 1 aromatic rings. The average Bonchev–Trinajstić information content (AvgIpc) is 2.60. The first-order chi connectivity index (χ1) is 12.1. The van der Waals surface area contributed by atoms with Gasteiger partial charge in [-0.05, 0) is 57.2 Å². The summed E-state index contributed by atoms with van der Waals surface area (Å²) < 4.78 is 11.5. The van der Waals surface area contributed by atoms with E-state index in [1.165, 1.54) is 6.42 Å². The van der Waals surface area contributed by atoms with Crippen molar-refractivity contribution in [2.45, 2.75) is 65.2 Å². The van der Waals surface area contributed by atoms with E-state index >= 15 is 0 Å². The first kappa shape index (κ1) is 19.6. The molecule has 140 valence electrons. The number of nitrogens with one attached hydrogen (secondary N) is 1. The fourth-order valence-corrected chi connectivity index (χ4v) is 3.03. The molecule has 5 heteroatoms. The second kappa shape index (κ2) is 10.3. The van der Waals surface area contributed by atoms with E-state index < -0.39 is 0 Å². The Bertz CT molecular complexity index is 527. The second-order valence-corrected chi connectivity index (χ2v) is 6.91. The topological polar surface area (TPSA) is 50.8 Å². The van der Waals surface area contributed by atoms with Gasteiger partial charge < -0.3 is 19.7 Å². The molecule has 1 aliphatic heterocycles. The zero-order valence-corrected chi connectivity index (χ0v) is 15.8. The van der Waals surface area contributed by atoms with Crippen molar-refractivity contribution in [3.05, 3.63) is 29.8 Å². The van der Waals surface area contributed by atoms with Gasteiger partial charge in [-0.3, -0.25) is 0 Å². The Morgan fingerprint density at radius 1 is 1.40 bits per heavy atom. The van der Waals surface area contributed by atoms with E-state index in [2.05, 4.69) is 12.2 Å². The molecule has 1 N–H and O–H groups in total. The van der Waals surface area contributed by atoms with Crippen LogP contribution in [0.5, 0.6) is 5.75 Å². The minimum Gasteiger partial charge on any atom is -0.491 e. The molecule has 1 fully saturated rings. The van der Waals surface area contributed by atoms with Crippen LogP contribution in [0.15, 0.2) is 24.3 Å². The van der Waals surface area contributed by atoms with Crippen molar-refractivity contribution >= 4 is 6.03 Å². The van der Waals surface area contributed by atoms with E-state index in [4.69, 9.17) is 9.47 Å². The first-order valence-electron chi connectivity index (χ1n) is 9.48. The summed E-state index contributed by atoms with van der Waals surface area (Å²) in [5.74, 6) is 0.836. The Kier molecular flexibility index (Phi) is 8.06. The Balaban J connectivity index is 1.87. The minimum absolute atomic E-state index is 0.0220. The van der Waals surface area contributed by atoms with Gasteiger partial charge in [-0.1, -0.05) is 19.1 Å². The highest BCUT2D eigenvalue weighted by Crippen LogP contribution is 2.16. The number of urea groups is 1. The van der Waals surface area contributed by atoms with Crippen molar-refractivity contribution < 1.29 is 14.3 Å². The lowest BCUT2D eigenvalue weighted by atomic mass is 10.1. The standard InChI is InChI=1S/C20H32N2O3/c1-4-11-22(15-19-9-5-6-12-24-19)20(23)21-14-17-8-7-10-18(13-17)25-16(2)3/h7-8,10,13,16,19H,4-6,9,11-12,14-15H2,1-3H3,(H,21,23). The molecule has 1 saturated heterocycles. The average molecular weight is 348 g/mol. The van der Waals surface area contributed by atoms with Gasteiger partial charge in [0.25, 0.3) is 0 Å². The van der Waals surface area contributed by atoms with Crippen LogP contribution in [-0.2, 0) is 11.3 Å². The van der Waals surface area contributed by atoms with Gasteiger partial charge in [0, 0.05) is 26.2 Å². The third-order valence-electron chi connectivity index (χ3n) is 4.19. The number of carbonyl (C=O) groups is 1. The van der Waals surface area contributed by atoms with Gasteiger partial charge in [0.2, 0.25) is 0 Å². The third kappa shape index (κ3) is 6.94. The molecule has 1 aromatic carbocycles. The van der Waals surface area contributed by atoms with Gasteiger partial charge in [-0.25, -0.2) is 4.79 Å². The van der Waals surface area contributed by atoms with Crippen LogP contribution >= 0.6 is 0 Å². The number of hydrogen-bond acceptors (Lipinski definition) is 3. The molecule has 0 radical (unpaired) electrons. The fraction of sp³-hybridized carbons (Fsp3) is 0.650. The molecule has 0 aromatic heterocycles. The van der Waals surface area contributed by atoms with E-state index in [-0.39, 0.29) is 18.2 Å². The summed E-state index contributed by atoms with van der Waals surface area (Å²) >= 11 is 0. The lowest BCUT2D eigenvalue weighted by Gasteiger charge is -2.30. The monoisotopic (exact) mass is 348 g/mol. The third-order valence-corrected chi connectivity index (χ3v) is 4.19. The van der Waals surface area contributed by atoms with Crippen molar-refractivity contribution in [3.63, 3.8) is 0 Å². The molecule has 0 spiro atoms. The molecular weight excluding hydrogens is 316 g/mol. The number of carbonyl (C=O) groups excluding carboxylic acids is 1. The molecule has 0 bridgehead atoms. The molecule has 1 heterocycles. The highest BCUT2D eigenvalue weighted by molar-refractivity contribution is 5.74. The van der Waals surface area contributed by atoms with E-state index in [1.807, 2.05) is 43.0 Å². The van der Waals surface area contributed by atoms with E-state index in [0.29, 0.717) is 13.1 Å². The quantitative estimate of drug-likeness (QED) is 0.773. The van der Waals surface area contributed by atoms with Crippen LogP contribution < -0.4 is 10.1 Å². The van der Waals surface area contributed by atoms with Crippen molar-refractivity contribution in [1.82, 2.24) is 10.2 Å². The predicted octanol–water partition coefficient (Wildman–Crippen LogP) is 3.96. The lowest BCUT2D eigenvalue weighted by Crippen LogP contribution is -2.45. The maximum Gasteiger partial charge on any atom is 0.317 e. The van der Waals surface area contributed by atoms with Crippen LogP contribution in [0.1, 0.15) is 52.0 Å². The summed E-state index contributed by atoms with van der Waals surface area (Å²) in [5, 5.41) is 3.03. The van der Waals surface area contributed by atoms with Crippen LogP contribution in [-0.4, -0.2) is 42.8 Å². The van der Waals surface area contributed by atoms with E-state index in [1.54, 1.807) is 0 Å². The zero-order valence-electron chi connectivity index (χ0n) is 15.8. The van der Waals surface area contributed by atoms with Crippen LogP contribution in [0.2, 0.25) is 0 Å². The smallest absolute Gasteiger partial charge is 0.317 e. The second-order valence-electron chi connectivity index (χ2n) is 6.91. The minimum atomic E-state index is -0.0220. The predicted molar refractivity (Wildman–Crippen MR) is 99.9 cm³/mol. The van der Waals surface area contributed by atoms with Crippen LogP contribution in [0.3, 0.4) is 0 Å². The molecule has 2 amide bonds. The number of nitrogens with zero attached hydrogens (tertiary/aromatic N) is 1. The molecule has 1 aliphatic rings. The maximum absolute atomic E-state index is 12.6. The summed E-state index contributed by atoms with van der Waals surface area (Å²) in [5.41, 5.74) is 1.04. The number of amides is 2. The molecular formula is C20H32N2O3. The number of benzene rings is 1. The van der Waals surface area contributed by atoms with Gasteiger partial charge in [0.1, 0.15) is 5.75 Å². The Morgan fingerprint density at radius 3 is 2.92 bits per heavy atom. The molecule has 25 heavy (non-hydrogen) atoms. The number of ether oxygens (including phenoxy) is 2. The molecule has 5 nitrogen and oxygen atoms in total. The van der Waals surface area contributed by atoms with Crippen molar-refractivity contribution in [1.29, 1.82) is 0 Å². The van der Waals surface area contributed by atoms with Crippen molar-refractivity contribution in [2.75, 3.05) is 19.7 Å². The van der Waals surface area contributed by atoms with Gasteiger partial charge in [0.15, 0.2) is 0 Å². The van der Waals surface area contributed by atoms with Crippen LogP contribution in [0.25, 0.3) is 0 Å². The van der Waals surface area contributed by atoms with Gasteiger partial charge >= 0.3 is 6.03 Å². The maximum atomic E-state index is 12.6.